The molecular formula is C23H20ClO4P. The number of hydrogen-bond acceptors (Lipinski definition) is 4. The van der Waals surface area contributed by atoms with Crippen LogP contribution in [0.25, 0.3) is 0 Å². The minimum absolute atomic E-state index is 0.0494. The van der Waals surface area contributed by atoms with Crippen molar-refractivity contribution in [2.24, 2.45) is 0 Å². The molecule has 0 spiro atoms. The molecule has 0 fully saturated rings. The molecule has 3 aromatic carbocycles. The minimum atomic E-state index is -3.81. The molecule has 1 unspecified atom stereocenters. The van der Waals surface area contributed by atoms with Crippen molar-refractivity contribution in [3.05, 3.63) is 101 Å². The Labute approximate surface area is 174 Å². The molecule has 0 aliphatic carbocycles. The van der Waals surface area contributed by atoms with E-state index in [4.69, 9.17) is 16.3 Å². The number of esters is 1. The molecule has 0 amide bonds. The Hall–Kier alpha value is -2.68. The number of carbonyl (C=O) groups excluding carboxylic acids is 2. The maximum Gasteiger partial charge on any atom is 0.314 e. The molecule has 0 heterocycles. The van der Waals surface area contributed by atoms with Gasteiger partial charge in [0, 0.05) is 10.9 Å². The molecule has 0 radical (unpaired) electrons. The quantitative estimate of drug-likeness (QED) is 0.384. The predicted molar refractivity (Wildman–Crippen MR) is 115 cm³/mol. The summed E-state index contributed by atoms with van der Waals surface area (Å²) in [6.07, 6.45) is -0.520. The van der Waals surface area contributed by atoms with E-state index in [1.54, 1.807) is 55.5 Å². The van der Waals surface area contributed by atoms with Crippen LogP contribution in [0.1, 0.15) is 21.5 Å². The van der Waals surface area contributed by atoms with Crippen LogP contribution in [0.15, 0.2) is 78.9 Å². The van der Waals surface area contributed by atoms with Gasteiger partial charge < -0.3 is 9.30 Å². The highest BCUT2D eigenvalue weighted by Gasteiger charge is 2.39. The molecular weight excluding hydrogens is 407 g/mol. The normalized spacial score (nSPS) is 12.8. The van der Waals surface area contributed by atoms with Crippen molar-refractivity contribution in [2.45, 2.75) is 13.5 Å². The van der Waals surface area contributed by atoms with Crippen LogP contribution in [0, 0.1) is 6.92 Å². The Morgan fingerprint density at radius 3 is 2.14 bits per heavy atom. The minimum Gasteiger partial charge on any atom is -0.460 e. The van der Waals surface area contributed by atoms with E-state index < -0.39 is 24.8 Å². The van der Waals surface area contributed by atoms with E-state index in [9.17, 15) is 14.2 Å². The lowest BCUT2D eigenvalue weighted by Crippen LogP contribution is -2.22. The van der Waals surface area contributed by atoms with Gasteiger partial charge >= 0.3 is 5.97 Å². The van der Waals surface area contributed by atoms with Gasteiger partial charge in [0.25, 0.3) is 0 Å². The summed E-state index contributed by atoms with van der Waals surface area (Å²) in [4.78, 5) is 25.9. The number of ether oxygens (including phenoxy) is 1. The molecule has 3 aromatic rings. The van der Waals surface area contributed by atoms with Gasteiger partial charge in [0.05, 0.1) is 5.02 Å². The molecule has 0 aromatic heterocycles. The van der Waals surface area contributed by atoms with Crippen LogP contribution < -0.4 is 5.30 Å². The van der Waals surface area contributed by atoms with Crippen molar-refractivity contribution < 1.29 is 18.9 Å². The van der Waals surface area contributed by atoms with E-state index in [-0.39, 0.29) is 17.2 Å². The molecule has 0 bridgehead atoms. The standard InChI is InChI=1S/C23H20ClO4P/c1-17-9-8-14-20(24)22(17)23(26)29(27,19-12-6-3-7-13-19)16-21(25)28-15-18-10-4-2-5-11-18/h2-14H,15-16H2,1H3. The molecule has 0 N–H and O–H groups in total. The van der Waals surface area contributed by atoms with Crippen LogP contribution in [0.5, 0.6) is 0 Å². The third-order valence-electron chi connectivity index (χ3n) is 4.53. The highest BCUT2D eigenvalue weighted by Crippen LogP contribution is 2.49. The van der Waals surface area contributed by atoms with Crippen LogP contribution in [-0.2, 0) is 20.7 Å². The maximum absolute atomic E-state index is 13.9. The highest BCUT2D eigenvalue weighted by atomic mass is 35.5. The van der Waals surface area contributed by atoms with E-state index in [0.29, 0.717) is 10.9 Å². The Kier molecular flexibility index (Phi) is 6.68. The Balaban J connectivity index is 1.91. The lowest BCUT2D eigenvalue weighted by molar-refractivity contribution is -0.141. The van der Waals surface area contributed by atoms with E-state index in [1.807, 2.05) is 30.3 Å². The van der Waals surface area contributed by atoms with Gasteiger partial charge in [-0.2, -0.15) is 0 Å². The smallest absolute Gasteiger partial charge is 0.314 e. The van der Waals surface area contributed by atoms with Crippen LogP contribution in [-0.4, -0.2) is 17.7 Å². The number of benzene rings is 3. The molecule has 148 valence electrons. The number of halogens is 1. The number of hydrogen-bond donors (Lipinski definition) is 0. The summed E-state index contributed by atoms with van der Waals surface area (Å²) in [5.41, 5.74) is 0.959. The van der Waals surface area contributed by atoms with Gasteiger partial charge in [-0.05, 0) is 24.1 Å². The molecule has 6 heteroatoms. The molecule has 0 saturated carbocycles. The van der Waals surface area contributed by atoms with Crippen molar-refractivity contribution in [3.8, 4) is 0 Å². The van der Waals surface area contributed by atoms with Gasteiger partial charge in [0.1, 0.15) is 12.8 Å². The molecule has 0 aliphatic heterocycles. The monoisotopic (exact) mass is 426 g/mol. The zero-order valence-electron chi connectivity index (χ0n) is 15.9. The summed E-state index contributed by atoms with van der Waals surface area (Å²) in [7, 11) is -3.81. The molecule has 0 aliphatic rings. The highest BCUT2D eigenvalue weighted by molar-refractivity contribution is 7.88. The average Bonchev–Trinajstić information content (AvgIpc) is 2.73. The second-order valence-corrected chi connectivity index (χ2v) is 9.74. The first kappa shape index (κ1) is 21.0. The summed E-state index contributed by atoms with van der Waals surface area (Å²) in [5.74, 6) is -0.695. The second-order valence-electron chi connectivity index (χ2n) is 6.62. The summed E-state index contributed by atoms with van der Waals surface area (Å²) < 4.78 is 19.2. The third-order valence-corrected chi connectivity index (χ3v) is 7.56. The summed E-state index contributed by atoms with van der Waals surface area (Å²) >= 11 is 6.24. The first-order chi connectivity index (χ1) is 13.9. The first-order valence-electron chi connectivity index (χ1n) is 9.06. The second kappa shape index (κ2) is 9.21. The Morgan fingerprint density at radius 2 is 1.52 bits per heavy atom. The van der Waals surface area contributed by atoms with Gasteiger partial charge in [-0.15, -0.1) is 0 Å². The Bertz CT molecular complexity index is 1040. The zero-order valence-corrected chi connectivity index (χ0v) is 17.5. The largest absolute Gasteiger partial charge is 0.460 e. The van der Waals surface area contributed by atoms with Crippen molar-refractivity contribution in [1.82, 2.24) is 0 Å². The predicted octanol–water partition coefficient (Wildman–Crippen LogP) is 5.22. The summed E-state index contributed by atoms with van der Waals surface area (Å²) in [5, 5.41) is 0.518. The summed E-state index contributed by atoms with van der Waals surface area (Å²) in [6.45, 7) is 1.77. The first-order valence-corrected chi connectivity index (χ1v) is 11.3. The molecule has 0 saturated heterocycles. The van der Waals surface area contributed by atoms with Crippen molar-refractivity contribution in [2.75, 3.05) is 6.16 Å². The van der Waals surface area contributed by atoms with Gasteiger partial charge in [0.15, 0.2) is 7.14 Å². The Morgan fingerprint density at radius 1 is 0.897 bits per heavy atom. The molecule has 3 rings (SSSR count). The van der Waals surface area contributed by atoms with Crippen LogP contribution in [0.4, 0.5) is 0 Å². The van der Waals surface area contributed by atoms with E-state index in [1.165, 1.54) is 0 Å². The topological polar surface area (TPSA) is 60.4 Å². The fourth-order valence-corrected chi connectivity index (χ4v) is 5.70. The van der Waals surface area contributed by atoms with Gasteiger partial charge in [0.2, 0.25) is 5.52 Å². The van der Waals surface area contributed by atoms with Crippen LogP contribution in [0.3, 0.4) is 0 Å². The number of aryl methyl sites for hydroxylation is 1. The molecule has 29 heavy (non-hydrogen) atoms. The van der Waals surface area contributed by atoms with E-state index in [2.05, 4.69) is 0 Å². The SMILES string of the molecule is Cc1cccc(Cl)c1C(=O)P(=O)(CC(=O)OCc1ccccc1)c1ccccc1. The van der Waals surface area contributed by atoms with Crippen LogP contribution in [0.2, 0.25) is 5.02 Å². The fourth-order valence-electron chi connectivity index (χ4n) is 3.00. The van der Waals surface area contributed by atoms with Crippen molar-refractivity contribution in [1.29, 1.82) is 0 Å². The van der Waals surface area contributed by atoms with Gasteiger partial charge in [-0.1, -0.05) is 84.4 Å². The number of carbonyl (C=O) groups is 2. The van der Waals surface area contributed by atoms with E-state index in [0.717, 1.165) is 5.56 Å². The van der Waals surface area contributed by atoms with Gasteiger partial charge in [-0.3, -0.25) is 9.59 Å². The van der Waals surface area contributed by atoms with E-state index >= 15 is 0 Å². The van der Waals surface area contributed by atoms with Crippen molar-refractivity contribution in [3.63, 3.8) is 0 Å². The maximum atomic E-state index is 13.9. The number of rotatable bonds is 7. The molecule has 4 nitrogen and oxygen atoms in total. The lowest BCUT2D eigenvalue weighted by atomic mass is 10.1. The third kappa shape index (κ3) is 4.84. The van der Waals surface area contributed by atoms with Crippen molar-refractivity contribution >= 4 is 35.5 Å². The average molecular weight is 427 g/mol. The zero-order chi connectivity index (χ0) is 20.9. The van der Waals surface area contributed by atoms with Gasteiger partial charge in [-0.25, -0.2) is 0 Å². The molecule has 1 atom stereocenters. The lowest BCUT2D eigenvalue weighted by Gasteiger charge is -2.19. The summed E-state index contributed by atoms with van der Waals surface area (Å²) in [6, 6.07) is 22.5. The fraction of sp³-hybridized carbons (Fsp3) is 0.130. The van der Waals surface area contributed by atoms with Crippen LogP contribution >= 0.6 is 18.7 Å².